The number of aryl methyl sites for hydroxylation is 1. The molecule has 1 aromatic heterocycles. The van der Waals surface area contributed by atoms with Crippen molar-refractivity contribution >= 4 is 23.0 Å². The van der Waals surface area contributed by atoms with Crippen LogP contribution in [-0.2, 0) is 13.1 Å². The molecule has 0 fully saturated rings. The maximum Gasteiger partial charge on any atom is 0.171 e. The summed E-state index contributed by atoms with van der Waals surface area (Å²) in [7, 11) is 0. The summed E-state index contributed by atoms with van der Waals surface area (Å²) in [4.78, 5) is 0. The lowest BCUT2D eigenvalue weighted by Gasteiger charge is -2.09. The molecule has 0 atom stereocenters. The van der Waals surface area contributed by atoms with Gasteiger partial charge >= 0.3 is 0 Å². The summed E-state index contributed by atoms with van der Waals surface area (Å²) in [6.07, 6.45) is 3.47. The number of nitrogens with one attached hydrogen (secondary N) is 2. The molecule has 0 saturated carbocycles. The van der Waals surface area contributed by atoms with Crippen LogP contribution in [0.2, 0.25) is 0 Å². The molecule has 2 N–H and O–H groups in total. The highest BCUT2D eigenvalue weighted by Crippen LogP contribution is 2.11. The van der Waals surface area contributed by atoms with Gasteiger partial charge in [0.05, 0.1) is 18.4 Å². The zero-order valence-corrected chi connectivity index (χ0v) is 14.7. The van der Waals surface area contributed by atoms with Crippen LogP contribution in [0.1, 0.15) is 16.7 Å². The summed E-state index contributed by atoms with van der Waals surface area (Å²) in [5.74, 6) is -0.234. The zero-order chi connectivity index (χ0) is 17.6. The molecule has 0 unspecified atom stereocenters. The SMILES string of the molecule is Cc1ccc(CNC(=S)Nc2cnn(Cc3ccccc3F)c2)cc1. The summed E-state index contributed by atoms with van der Waals surface area (Å²) in [5, 5.41) is 11.0. The number of rotatable bonds is 5. The van der Waals surface area contributed by atoms with Crippen molar-refractivity contribution in [3.05, 3.63) is 83.4 Å². The molecule has 0 aliphatic rings. The van der Waals surface area contributed by atoms with Gasteiger partial charge in [0.2, 0.25) is 0 Å². The Morgan fingerprint density at radius 3 is 2.68 bits per heavy atom. The molecule has 25 heavy (non-hydrogen) atoms. The van der Waals surface area contributed by atoms with E-state index in [9.17, 15) is 4.39 Å². The minimum absolute atomic E-state index is 0.234. The molecular formula is C19H19FN4S. The maximum absolute atomic E-state index is 13.7. The van der Waals surface area contributed by atoms with Gasteiger partial charge in [0.25, 0.3) is 0 Å². The van der Waals surface area contributed by atoms with Gasteiger partial charge in [-0.2, -0.15) is 5.10 Å². The van der Waals surface area contributed by atoms with Crippen molar-refractivity contribution in [2.75, 3.05) is 5.32 Å². The third kappa shape index (κ3) is 4.87. The third-order valence-electron chi connectivity index (χ3n) is 3.75. The normalized spacial score (nSPS) is 10.5. The summed E-state index contributed by atoms with van der Waals surface area (Å²) >= 11 is 5.30. The van der Waals surface area contributed by atoms with Crippen LogP contribution in [0.25, 0.3) is 0 Å². The van der Waals surface area contributed by atoms with E-state index in [2.05, 4.69) is 46.9 Å². The van der Waals surface area contributed by atoms with Crippen LogP contribution in [0.15, 0.2) is 60.9 Å². The molecule has 4 nitrogen and oxygen atoms in total. The van der Waals surface area contributed by atoms with E-state index in [-0.39, 0.29) is 5.82 Å². The topological polar surface area (TPSA) is 41.9 Å². The standard InChI is InChI=1S/C19H19FN4S/c1-14-6-8-15(9-7-14)10-21-19(25)23-17-11-22-24(13-17)12-16-4-2-3-5-18(16)20/h2-9,11,13H,10,12H2,1H3,(H2,21,23,25). The van der Waals surface area contributed by atoms with E-state index in [1.807, 2.05) is 6.07 Å². The molecule has 0 bridgehead atoms. The third-order valence-corrected chi connectivity index (χ3v) is 4.00. The van der Waals surface area contributed by atoms with E-state index >= 15 is 0 Å². The van der Waals surface area contributed by atoms with Crippen LogP contribution >= 0.6 is 12.2 Å². The fourth-order valence-electron chi connectivity index (χ4n) is 2.38. The lowest BCUT2D eigenvalue weighted by atomic mass is 10.1. The van der Waals surface area contributed by atoms with Crippen molar-refractivity contribution in [3.8, 4) is 0 Å². The molecule has 6 heteroatoms. The van der Waals surface area contributed by atoms with Crippen molar-refractivity contribution < 1.29 is 4.39 Å². The van der Waals surface area contributed by atoms with Gasteiger partial charge in [-0.05, 0) is 30.8 Å². The Bertz CT molecular complexity index is 858. The van der Waals surface area contributed by atoms with Crippen LogP contribution in [0.5, 0.6) is 0 Å². The molecule has 2 aromatic carbocycles. The lowest BCUT2D eigenvalue weighted by Crippen LogP contribution is -2.27. The molecule has 0 saturated heterocycles. The quantitative estimate of drug-likeness (QED) is 0.683. The van der Waals surface area contributed by atoms with Gasteiger partial charge < -0.3 is 10.6 Å². The number of benzene rings is 2. The average Bonchev–Trinajstić information content (AvgIpc) is 3.03. The summed E-state index contributed by atoms with van der Waals surface area (Å²) in [5.41, 5.74) is 3.74. The predicted molar refractivity (Wildman–Crippen MR) is 102 cm³/mol. The van der Waals surface area contributed by atoms with Gasteiger partial charge in [0.1, 0.15) is 5.82 Å². The number of thiocarbonyl (C=S) groups is 1. The van der Waals surface area contributed by atoms with E-state index in [4.69, 9.17) is 12.2 Å². The van der Waals surface area contributed by atoms with Crippen LogP contribution in [0.4, 0.5) is 10.1 Å². The average molecular weight is 354 g/mol. The number of nitrogens with zero attached hydrogens (tertiary/aromatic N) is 2. The zero-order valence-electron chi connectivity index (χ0n) is 13.9. The van der Waals surface area contributed by atoms with E-state index in [0.29, 0.717) is 23.8 Å². The first-order valence-corrected chi connectivity index (χ1v) is 8.37. The molecule has 0 aliphatic carbocycles. The molecule has 0 radical (unpaired) electrons. The van der Waals surface area contributed by atoms with Crippen LogP contribution < -0.4 is 10.6 Å². The largest absolute Gasteiger partial charge is 0.358 e. The number of anilines is 1. The van der Waals surface area contributed by atoms with Crippen molar-refractivity contribution in [1.82, 2.24) is 15.1 Å². The number of aromatic nitrogens is 2. The van der Waals surface area contributed by atoms with E-state index in [1.54, 1.807) is 29.2 Å². The molecule has 1 heterocycles. The van der Waals surface area contributed by atoms with Crippen molar-refractivity contribution in [2.45, 2.75) is 20.0 Å². The first kappa shape index (κ1) is 17.1. The van der Waals surface area contributed by atoms with Gasteiger partial charge in [-0.25, -0.2) is 4.39 Å². The number of hydrogen-bond donors (Lipinski definition) is 2. The Morgan fingerprint density at radius 1 is 1.16 bits per heavy atom. The van der Waals surface area contributed by atoms with E-state index in [1.165, 1.54) is 11.6 Å². The fourth-order valence-corrected chi connectivity index (χ4v) is 2.57. The van der Waals surface area contributed by atoms with Gasteiger partial charge in [0.15, 0.2) is 5.11 Å². The highest BCUT2D eigenvalue weighted by molar-refractivity contribution is 7.80. The molecule has 3 aromatic rings. The Hall–Kier alpha value is -2.73. The Balaban J connectivity index is 1.53. The Kier molecular flexibility index (Phi) is 5.40. The van der Waals surface area contributed by atoms with Gasteiger partial charge in [-0.3, -0.25) is 4.68 Å². The maximum atomic E-state index is 13.7. The fraction of sp³-hybridized carbons (Fsp3) is 0.158. The molecule has 0 aliphatic heterocycles. The van der Waals surface area contributed by atoms with Crippen molar-refractivity contribution in [2.24, 2.45) is 0 Å². The highest BCUT2D eigenvalue weighted by Gasteiger charge is 2.05. The molecule has 3 rings (SSSR count). The van der Waals surface area contributed by atoms with Gasteiger partial charge in [0, 0.05) is 18.3 Å². The monoisotopic (exact) mass is 354 g/mol. The minimum Gasteiger partial charge on any atom is -0.358 e. The second kappa shape index (κ2) is 7.90. The highest BCUT2D eigenvalue weighted by atomic mass is 32.1. The van der Waals surface area contributed by atoms with Crippen molar-refractivity contribution in [1.29, 1.82) is 0 Å². The van der Waals surface area contributed by atoms with Crippen LogP contribution in [-0.4, -0.2) is 14.9 Å². The predicted octanol–water partition coefficient (Wildman–Crippen LogP) is 3.87. The molecule has 128 valence electrons. The number of halogens is 1. The second-order valence-electron chi connectivity index (χ2n) is 5.81. The summed E-state index contributed by atoms with van der Waals surface area (Å²) in [6, 6.07) is 15.0. The molecular weight excluding hydrogens is 335 g/mol. The Morgan fingerprint density at radius 2 is 1.92 bits per heavy atom. The summed E-state index contributed by atoms with van der Waals surface area (Å²) in [6.45, 7) is 3.08. The van der Waals surface area contributed by atoms with E-state index in [0.717, 1.165) is 11.3 Å². The van der Waals surface area contributed by atoms with Crippen molar-refractivity contribution in [3.63, 3.8) is 0 Å². The molecule has 0 spiro atoms. The molecule has 0 amide bonds. The second-order valence-corrected chi connectivity index (χ2v) is 6.22. The van der Waals surface area contributed by atoms with E-state index < -0.39 is 0 Å². The van der Waals surface area contributed by atoms with Gasteiger partial charge in [-0.15, -0.1) is 0 Å². The summed E-state index contributed by atoms with van der Waals surface area (Å²) < 4.78 is 15.4. The first-order chi connectivity index (χ1) is 12.1. The smallest absolute Gasteiger partial charge is 0.171 e. The van der Waals surface area contributed by atoms with Gasteiger partial charge in [-0.1, -0.05) is 48.0 Å². The van der Waals surface area contributed by atoms with Crippen LogP contribution in [0.3, 0.4) is 0 Å². The number of hydrogen-bond acceptors (Lipinski definition) is 2. The Labute approximate surface area is 151 Å². The minimum atomic E-state index is -0.234. The first-order valence-electron chi connectivity index (χ1n) is 7.96. The lowest BCUT2D eigenvalue weighted by molar-refractivity contribution is 0.585. The van der Waals surface area contributed by atoms with Crippen LogP contribution in [0, 0.1) is 12.7 Å².